The Balaban J connectivity index is 2.33. The van der Waals surface area contributed by atoms with E-state index < -0.39 is 25.0 Å². The number of methoxy groups -OCH3 is 1. The van der Waals surface area contributed by atoms with Crippen molar-refractivity contribution in [3.63, 3.8) is 0 Å². The van der Waals surface area contributed by atoms with E-state index in [2.05, 4.69) is 5.32 Å². The lowest BCUT2D eigenvalue weighted by atomic mass is 10.1. The molecule has 0 amide bonds. The first-order valence-electron chi connectivity index (χ1n) is 7.18. The van der Waals surface area contributed by atoms with Gasteiger partial charge in [-0.25, -0.2) is 8.42 Å². The molecule has 2 aromatic carbocycles. The van der Waals surface area contributed by atoms with E-state index in [9.17, 15) is 20.7 Å². The molecule has 0 aliphatic rings. The van der Waals surface area contributed by atoms with Gasteiger partial charge in [0.25, 0.3) is 0 Å². The summed E-state index contributed by atoms with van der Waals surface area (Å²) in [5.74, 6) is 0.363. The Bertz CT molecular complexity index is 1000. The number of anilines is 1. The van der Waals surface area contributed by atoms with Crippen molar-refractivity contribution in [3.8, 4) is 5.75 Å². The first kappa shape index (κ1) is 19.2. The van der Waals surface area contributed by atoms with E-state index in [-0.39, 0.29) is 11.4 Å². The van der Waals surface area contributed by atoms with Gasteiger partial charge in [-0.2, -0.15) is 8.42 Å². The second-order valence-electron chi connectivity index (χ2n) is 5.55. The number of nitrogens with one attached hydrogen (secondary N) is 1. The van der Waals surface area contributed by atoms with Crippen molar-refractivity contribution < 1.29 is 25.5 Å². The summed E-state index contributed by atoms with van der Waals surface area (Å²) in [6, 6.07) is 8.42. The van der Waals surface area contributed by atoms with Crippen molar-refractivity contribution in [1.29, 1.82) is 0 Å². The van der Waals surface area contributed by atoms with Crippen LogP contribution in [0.1, 0.15) is 11.1 Å². The van der Waals surface area contributed by atoms with Gasteiger partial charge >= 0.3 is 10.2 Å². The highest BCUT2D eigenvalue weighted by atomic mass is 32.3. The number of rotatable bonds is 6. The molecule has 0 fully saturated rings. The van der Waals surface area contributed by atoms with Crippen molar-refractivity contribution in [3.05, 3.63) is 47.5 Å². The molecular weight excluding hydrogens is 369 g/mol. The molecular formula is C16H18FNO5S2. The minimum Gasteiger partial charge on any atom is -0.497 e. The molecule has 2 aromatic rings. The largest absolute Gasteiger partial charge is 0.497 e. The lowest BCUT2D eigenvalue weighted by molar-refractivity contribution is 0.413. The van der Waals surface area contributed by atoms with E-state index in [1.54, 1.807) is 13.0 Å². The molecule has 25 heavy (non-hydrogen) atoms. The number of hydrogen-bond donors (Lipinski definition) is 1. The molecule has 0 aromatic heterocycles. The van der Waals surface area contributed by atoms with Gasteiger partial charge in [-0.15, -0.1) is 3.89 Å². The third-order valence-electron chi connectivity index (χ3n) is 3.63. The summed E-state index contributed by atoms with van der Waals surface area (Å²) in [6.45, 7) is 1.95. The van der Waals surface area contributed by atoms with Gasteiger partial charge in [-0.1, -0.05) is 6.07 Å². The summed E-state index contributed by atoms with van der Waals surface area (Å²) in [5.41, 5.74) is 1.82. The molecule has 0 saturated carbocycles. The molecule has 0 unspecified atom stereocenters. The fourth-order valence-corrected chi connectivity index (χ4v) is 3.38. The minimum atomic E-state index is -4.79. The van der Waals surface area contributed by atoms with Crippen LogP contribution < -0.4 is 10.1 Å². The molecule has 1 N–H and O–H groups in total. The Labute approximate surface area is 146 Å². The van der Waals surface area contributed by atoms with Crippen molar-refractivity contribution >= 4 is 25.7 Å². The van der Waals surface area contributed by atoms with Gasteiger partial charge in [0, 0.05) is 24.6 Å². The monoisotopic (exact) mass is 387 g/mol. The number of aryl methyl sites for hydroxylation is 1. The third kappa shape index (κ3) is 4.93. The zero-order chi connectivity index (χ0) is 18.8. The summed E-state index contributed by atoms with van der Waals surface area (Å²) in [6.07, 6.45) is 1.09. The molecule has 0 bridgehead atoms. The van der Waals surface area contributed by atoms with Crippen LogP contribution in [0.2, 0.25) is 0 Å². The van der Waals surface area contributed by atoms with Crippen LogP contribution in [-0.4, -0.2) is 30.2 Å². The number of ether oxygens (including phenoxy) is 1. The maximum Gasteiger partial charge on any atom is 0.332 e. The number of benzene rings is 2. The van der Waals surface area contributed by atoms with Crippen LogP contribution in [0, 0.1) is 6.92 Å². The Kier molecular flexibility index (Phi) is 5.38. The molecule has 0 aliphatic carbocycles. The van der Waals surface area contributed by atoms with Crippen LogP contribution >= 0.6 is 0 Å². The standard InChI is InChI=1S/C16H18FNO5S2/c1-11-4-5-15(25(17,21)22)6-12(11)10-18-13-7-14(23-2)9-16(8-13)24(3,19)20/h4-9,18H,10H2,1-3H3. The molecule has 136 valence electrons. The number of hydrogen-bond acceptors (Lipinski definition) is 6. The second kappa shape index (κ2) is 7.01. The summed E-state index contributed by atoms with van der Waals surface area (Å²) in [5, 5.41) is 3.01. The predicted molar refractivity (Wildman–Crippen MR) is 92.9 cm³/mol. The van der Waals surface area contributed by atoms with Crippen LogP contribution in [0.25, 0.3) is 0 Å². The molecule has 0 saturated heterocycles. The van der Waals surface area contributed by atoms with Crippen LogP contribution in [0.3, 0.4) is 0 Å². The van der Waals surface area contributed by atoms with E-state index >= 15 is 0 Å². The van der Waals surface area contributed by atoms with E-state index in [0.29, 0.717) is 17.0 Å². The predicted octanol–water partition coefficient (Wildman–Crippen LogP) is 2.68. The van der Waals surface area contributed by atoms with Gasteiger partial charge in [0.05, 0.1) is 16.9 Å². The van der Waals surface area contributed by atoms with Crippen molar-refractivity contribution in [1.82, 2.24) is 0 Å². The maximum absolute atomic E-state index is 13.1. The summed E-state index contributed by atoms with van der Waals surface area (Å²) in [7, 11) is -6.79. The smallest absolute Gasteiger partial charge is 0.332 e. The minimum absolute atomic E-state index is 0.0890. The van der Waals surface area contributed by atoms with E-state index in [0.717, 1.165) is 11.8 Å². The Morgan fingerprint density at radius 3 is 2.28 bits per heavy atom. The summed E-state index contributed by atoms with van der Waals surface area (Å²) < 4.78 is 63.8. The first-order chi connectivity index (χ1) is 11.5. The summed E-state index contributed by atoms with van der Waals surface area (Å²) >= 11 is 0. The average Bonchev–Trinajstić information content (AvgIpc) is 2.51. The van der Waals surface area contributed by atoms with Crippen molar-refractivity contribution in [2.75, 3.05) is 18.7 Å². The molecule has 0 radical (unpaired) electrons. The van der Waals surface area contributed by atoms with Crippen molar-refractivity contribution in [2.24, 2.45) is 0 Å². The molecule has 2 rings (SSSR count). The molecule has 6 nitrogen and oxygen atoms in total. The van der Waals surface area contributed by atoms with Gasteiger partial charge in [-0.3, -0.25) is 0 Å². The van der Waals surface area contributed by atoms with E-state index in [4.69, 9.17) is 4.74 Å². The van der Waals surface area contributed by atoms with Gasteiger partial charge in [0.15, 0.2) is 9.84 Å². The fraction of sp³-hybridized carbons (Fsp3) is 0.250. The van der Waals surface area contributed by atoms with E-state index in [1.165, 1.54) is 37.4 Å². The normalized spacial score (nSPS) is 12.0. The lowest BCUT2D eigenvalue weighted by Gasteiger charge is -2.12. The second-order valence-corrected chi connectivity index (χ2v) is 8.91. The molecule has 9 heteroatoms. The Morgan fingerprint density at radius 1 is 1.04 bits per heavy atom. The fourth-order valence-electron chi connectivity index (χ4n) is 2.19. The maximum atomic E-state index is 13.1. The third-order valence-corrected chi connectivity index (χ3v) is 5.54. The average molecular weight is 387 g/mol. The zero-order valence-corrected chi connectivity index (χ0v) is 15.5. The first-order valence-corrected chi connectivity index (χ1v) is 10.5. The highest BCUT2D eigenvalue weighted by Crippen LogP contribution is 2.25. The van der Waals surface area contributed by atoms with Gasteiger partial charge in [-0.05, 0) is 42.3 Å². The van der Waals surface area contributed by atoms with Crippen LogP contribution in [0.5, 0.6) is 5.75 Å². The molecule has 0 spiro atoms. The SMILES string of the molecule is COc1cc(NCc2cc(S(=O)(=O)F)ccc2C)cc(S(C)(=O)=O)c1. The van der Waals surface area contributed by atoms with Gasteiger partial charge in [0.2, 0.25) is 0 Å². The number of sulfone groups is 1. The van der Waals surface area contributed by atoms with Crippen LogP contribution in [0.15, 0.2) is 46.2 Å². The zero-order valence-electron chi connectivity index (χ0n) is 13.9. The molecule has 0 atom stereocenters. The highest BCUT2D eigenvalue weighted by Gasteiger charge is 2.14. The van der Waals surface area contributed by atoms with Crippen molar-refractivity contribution in [2.45, 2.75) is 23.3 Å². The van der Waals surface area contributed by atoms with Gasteiger partial charge < -0.3 is 10.1 Å². The molecule has 0 heterocycles. The van der Waals surface area contributed by atoms with E-state index in [1.807, 2.05) is 0 Å². The molecule has 0 aliphatic heterocycles. The van der Waals surface area contributed by atoms with Crippen LogP contribution in [0.4, 0.5) is 9.57 Å². The lowest BCUT2D eigenvalue weighted by Crippen LogP contribution is -2.05. The van der Waals surface area contributed by atoms with Gasteiger partial charge in [0.1, 0.15) is 5.75 Å². The Morgan fingerprint density at radius 2 is 1.72 bits per heavy atom. The topological polar surface area (TPSA) is 89.5 Å². The number of halogens is 1. The van der Waals surface area contributed by atoms with Crippen LogP contribution in [-0.2, 0) is 26.6 Å². The Hall–Kier alpha value is -2.13. The summed E-state index contributed by atoms with van der Waals surface area (Å²) in [4.78, 5) is -0.330. The highest BCUT2D eigenvalue weighted by molar-refractivity contribution is 7.90. The quantitative estimate of drug-likeness (QED) is 0.767.